The van der Waals surface area contributed by atoms with Gasteiger partial charge in [0.25, 0.3) is 0 Å². The van der Waals surface area contributed by atoms with Crippen molar-refractivity contribution >= 4 is 11.6 Å². The van der Waals surface area contributed by atoms with Crippen molar-refractivity contribution in [1.29, 1.82) is 0 Å². The number of hydrogen-bond donors (Lipinski definition) is 1. The Morgan fingerprint density at radius 2 is 2.07 bits per heavy atom. The summed E-state index contributed by atoms with van der Waals surface area (Å²) in [5.74, 6) is 0.966. The van der Waals surface area contributed by atoms with E-state index in [1.165, 1.54) is 12.5 Å². The molecule has 1 nitrogen and oxygen atoms in total. The maximum atomic E-state index is 13.4. The fourth-order valence-electron chi connectivity index (χ4n) is 2.20. The molecule has 0 aromatic heterocycles. The predicted molar refractivity (Wildman–Crippen MR) is 60.4 cm³/mol. The van der Waals surface area contributed by atoms with Crippen LogP contribution in [0.25, 0.3) is 0 Å². The van der Waals surface area contributed by atoms with Crippen LogP contribution in [0.1, 0.15) is 18.4 Å². The van der Waals surface area contributed by atoms with Gasteiger partial charge >= 0.3 is 0 Å². The Bertz CT molecular complexity index is 351. The molecule has 3 heteroatoms. The summed E-state index contributed by atoms with van der Waals surface area (Å²) in [6.07, 6.45) is 3.12. The molecule has 0 amide bonds. The van der Waals surface area contributed by atoms with Crippen LogP contribution >= 0.6 is 11.6 Å². The summed E-state index contributed by atoms with van der Waals surface area (Å²) in [5.41, 5.74) is 6.35. The summed E-state index contributed by atoms with van der Waals surface area (Å²) in [4.78, 5) is 0. The molecule has 1 aromatic rings. The van der Waals surface area contributed by atoms with Crippen molar-refractivity contribution in [2.24, 2.45) is 17.6 Å². The predicted octanol–water partition coefficient (Wildman–Crippen LogP) is 3.01. The molecule has 15 heavy (non-hydrogen) atoms. The van der Waals surface area contributed by atoms with Crippen LogP contribution in [0.5, 0.6) is 0 Å². The highest BCUT2D eigenvalue weighted by molar-refractivity contribution is 6.30. The van der Waals surface area contributed by atoms with Crippen molar-refractivity contribution in [2.45, 2.75) is 19.3 Å². The summed E-state index contributed by atoms with van der Waals surface area (Å²) >= 11 is 5.84. The summed E-state index contributed by atoms with van der Waals surface area (Å²) in [6, 6.07) is 4.75. The first-order valence-corrected chi connectivity index (χ1v) is 5.72. The smallest absolute Gasteiger partial charge is 0.126 e. The van der Waals surface area contributed by atoms with Gasteiger partial charge in [-0.3, -0.25) is 0 Å². The Labute approximate surface area is 94.4 Å². The molecule has 0 radical (unpaired) electrons. The van der Waals surface area contributed by atoms with Gasteiger partial charge in [0.2, 0.25) is 0 Å². The lowest BCUT2D eigenvalue weighted by molar-refractivity contribution is 0.182. The quantitative estimate of drug-likeness (QED) is 0.844. The van der Waals surface area contributed by atoms with Crippen molar-refractivity contribution in [3.05, 3.63) is 34.6 Å². The highest BCUT2D eigenvalue weighted by atomic mass is 35.5. The molecule has 0 saturated heterocycles. The topological polar surface area (TPSA) is 26.0 Å². The van der Waals surface area contributed by atoms with Gasteiger partial charge in [0, 0.05) is 5.02 Å². The first-order valence-electron chi connectivity index (χ1n) is 5.34. The van der Waals surface area contributed by atoms with E-state index in [9.17, 15) is 4.39 Å². The largest absolute Gasteiger partial charge is 0.330 e. The van der Waals surface area contributed by atoms with Gasteiger partial charge in [0.05, 0.1) is 0 Å². The number of hydrogen-bond acceptors (Lipinski definition) is 1. The average molecular weight is 228 g/mol. The minimum Gasteiger partial charge on any atom is -0.330 e. The Morgan fingerprint density at radius 1 is 1.33 bits per heavy atom. The zero-order valence-corrected chi connectivity index (χ0v) is 9.30. The third-order valence-electron chi connectivity index (χ3n) is 3.37. The molecular formula is C12H15ClFN. The van der Waals surface area contributed by atoms with Gasteiger partial charge in [-0.15, -0.1) is 0 Å². The van der Waals surface area contributed by atoms with Crippen LogP contribution in [0.4, 0.5) is 4.39 Å². The lowest BCUT2D eigenvalue weighted by atomic mass is 9.71. The zero-order chi connectivity index (χ0) is 10.8. The van der Waals surface area contributed by atoms with Crippen LogP contribution in [0, 0.1) is 17.7 Å². The molecule has 0 heterocycles. The fraction of sp³-hybridized carbons (Fsp3) is 0.500. The monoisotopic (exact) mass is 227 g/mol. The van der Waals surface area contributed by atoms with Crippen LogP contribution in [0.15, 0.2) is 18.2 Å². The molecule has 2 N–H and O–H groups in total. The van der Waals surface area contributed by atoms with E-state index in [1.54, 1.807) is 12.1 Å². The molecule has 0 spiro atoms. The van der Waals surface area contributed by atoms with Gasteiger partial charge in [0.1, 0.15) is 5.82 Å². The minimum atomic E-state index is -0.151. The second kappa shape index (κ2) is 4.50. The SMILES string of the molecule is NCC1CCC1Cc1cc(Cl)ccc1F. The maximum absolute atomic E-state index is 13.4. The zero-order valence-electron chi connectivity index (χ0n) is 8.55. The van der Waals surface area contributed by atoms with Crippen LogP contribution in [0.2, 0.25) is 5.02 Å². The molecule has 0 aliphatic heterocycles. The molecule has 1 aliphatic carbocycles. The van der Waals surface area contributed by atoms with E-state index in [2.05, 4.69) is 0 Å². The van der Waals surface area contributed by atoms with E-state index < -0.39 is 0 Å². The van der Waals surface area contributed by atoms with Crippen LogP contribution in [0.3, 0.4) is 0 Å². The molecule has 1 aliphatic rings. The number of benzene rings is 1. The first kappa shape index (κ1) is 10.9. The third kappa shape index (κ3) is 2.32. The van der Waals surface area contributed by atoms with Crippen molar-refractivity contribution in [1.82, 2.24) is 0 Å². The average Bonchev–Trinajstić information content (AvgIpc) is 2.18. The summed E-state index contributed by atoms with van der Waals surface area (Å²) in [6.45, 7) is 0.715. The molecule has 2 rings (SSSR count). The number of halogens is 2. The van der Waals surface area contributed by atoms with E-state index in [0.717, 1.165) is 18.4 Å². The van der Waals surface area contributed by atoms with Gasteiger partial charge in [-0.2, -0.15) is 0 Å². The van der Waals surface area contributed by atoms with E-state index in [1.807, 2.05) is 0 Å². The van der Waals surface area contributed by atoms with Gasteiger partial charge < -0.3 is 5.73 Å². The van der Waals surface area contributed by atoms with Crippen molar-refractivity contribution in [2.75, 3.05) is 6.54 Å². The molecule has 82 valence electrons. The Balaban J connectivity index is 2.07. The van der Waals surface area contributed by atoms with Crippen molar-refractivity contribution in [3.63, 3.8) is 0 Å². The highest BCUT2D eigenvalue weighted by Gasteiger charge is 2.30. The molecule has 1 aromatic carbocycles. The van der Waals surface area contributed by atoms with Gasteiger partial charge in [-0.1, -0.05) is 11.6 Å². The van der Waals surface area contributed by atoms with Crippen LogP contribution < -0.4 is 5.73 Å². The maximum Gasteiger partial charge on any atom is 0.126 e. The van der Waals surface area contributed by atoms with E-state index in [0.29, 0.717) is 23.4 Å². The van der Waals surface area contributed by atoms with Gasteiger partial charge in [-0.25, -0.2) is 4.39 Å². The minimum absolute atomic E-state index is 0.151. The third-order valence-corrected chi connectivity index (χ3v) is 3.60. The summed E-state index contributed by atoms with van der Waals surface area (Å²) < 4.78 is 13.4. The molecule has 1 saturated carbocycles. The highest BCUT2D eigenvalue weighted by Crippen LogP contribution is 2.36. The lowest BCUT2D eigenvalue weighted by Gasteiger charge is -2.36. The number of nitrogens with two attached hydrogens (primary N) is 1. The second-order valence-electron chi connectivity index (χ2n) is 4.27. The molecule has 0 bridgehead atoms. The summed E-state index contributed by atoms with van der Waals surface area (Å²) in [5, 5.41) is 0.607. The second-order valence-corrected chi connectivity index (χ2v) is 4.71. The van der Waals surface area contributed by atoms with E-state index in [-0.39, 0.29) is 5.82 Å². The standard InChI is InChI=1S/C12H15ClFN/c13-11-3-4-12(14)10(6-11)5-8-1-2-9(8)7-15/h3-4,6,8-9H,1-2,5,7,15H2. The fourth-order valence-corrected chi connectivity index (χ4v) is 2.39. The lowest BCUT2D eigenvalue weighted by Crippen LogP contribution is -2.33. The van der Waals surface area contributed by atoms with Crippen molar-refractivity contribution in [3.8, 4) is 0 Å². The van der Waals surface area contributed by atoms with Crippen molar-refractivity contribution < 1.29 is 4.39 Å². The van der Waals surface area contributed by atoms with E-state index >= 15 is 0 Å². The Morgan fingerprint density at radius 3 is 2.67 bits per heavy atom. The summed E-state index contributed by atoms with van der Waals surface area (Å²) in [7, 11) is 0. The molecule has 2 atom stereocenters. The van der Waals surface area contributed by atoms with Gasteiger partial charge in [0.15, 0.2) is 0 Å². The van der Waals surface area contributed by atoms with Crippen LogP contribution in [-0.2, 0) is 6.42 Å². The van der Waals surface area contributed by atoms with Crippen LogP contribution in [-0.4, -0.2) is 6.54 Å². The molecule has 2 unspecified atom stereocenters. The normalized spacial score (nSPS) is 25.0. The van der Waals surface area contributed by atoms with Gasteiger partial charge in [-0.05, 0) is 61.4 Å². The number of rotatable bonds is 3. The first-order chi connectivity index (χ1) is 7.20. The molecule has 1 fully saturated rings. The van der Waals surface area contributed by atoms with E-state index in [4.69, 9.17) is 17.3 Å². The molecular weight excluding hydrogens is 213 g/mol. The Hall–Kier alpha value is -0.600. The Kier molecular flexibility index (Phi) is 3.27.